The molecule has 1 aliphatic heterocycles. The molecule has 0 saturated carbocycles. The molecular weight excluding hydrogens is 319 g/mol. The van der Waals surface area contributed by atoms with Gasteiger partial charge in [0.25, 0.3) is 11.8 Å². The number of halogens is 1. The first-order chi connectivity index (χ1) is 11.0. The van der Waals surface area contributed by atoms with Crippen LogP contribution in [0.5, 0.6) is 0 Å². The van der Waals surface area contributed by atoms with E-state index in [1.54, 1.807) is 6.07 Å². The molecular formula is C16H11FN2O3S. The Hall–Kier alpha value is -2.80. The van der Waals surface area contributed by atoms with Gasteiger partial charge in [-0.15, -0.1) is 11.3 Å². The summed E-state index contributed by atoms with van der Waals surface area (Å²) in [5.41, 5.74) is -0.412. The quantitative estimate of drug-likeness (QED) is 0.680. The van der Waals surface area contributed by atoms with Gasteiger partial charge in [0.1, 0.15) is 11.4 Å². The summed E-state index contributed by atoms with van der Waals surface area (Å²) < 4.78 is 13.9. The molecule has 1 aromatic heterocycles. The van der Waals surface area contributed by atoms with E-state index in [-0.39, 0.29) is 11.3 Å². The Morgan fingerprint density at radius 2 is 1.87 bits per heavy atom. The van der Waals surface area contributed by atoms with E-state index in [2.05, 4.69) is 5.32 Å². The molecule has 23 heavy (non-hydrogen) atoms. The van der Waals surface area contributed by atoms with Gasteiger partial charge in [-0.1, -0.05) is 12.1 Å². The van der Waals surface area contributed by atoms with E-state index in [1.165, 1.54) is 35.6 Å². The minimum atomic E-state index is -0.968. The lowest BCUT2D eigenvalue weighted by atomic mass is 10.1. The molecule has 1 N–H and O–H groups in total. The lowest BCUT2D eigenvalue weighted by molar-refractivity contribution is -0.122. The van der Waals surface area contributed by atoms with Crippen molar-refractivity contribution >= 4 is 40.9 Å². The molecule has 1 aliphatic rings. The normalized spacial score (nSPS) is 16.9. The number of carbonyl (C=O) groups excluding carboxylic acids is 3. The molecule has 5 nitrogen and oxygen atoms in total. The second-order valence-electron chi connectivity index (χ2n) is 4.86. The van der Waals surface area contributed by atoms with Crippen LogP contribution in [-0.2, 0) is 9.59 Å². The molecule has 0 radical (unpaired) electrons. The zero-order chi connectivity index (χ0) is 16.6. The molecule has 0 aliphatic carbocycles. The van der Waals surface area contributed by atoms with Crippen molar-refractivity contribution in [2.75, 3.05) is 4.90 Å². The SMILES string of the molecule is Cc1ccc(/C=C2/C(=O)NC(=O)N(c3ccccc3F)C2=O)s1. The molecule has 0 bridgehead atoms. The number of benzene rings is 1. The smallest absolute Gasteiger partial charge is 0.273 e. The number of barbiturate groups is 1. The molecule has 0 atom stereocenters. The van der Waals surface area contributed by atoms with E-state index >= 15 is 0 Å². The third-order valence-corrected chi connectivity index (χ3v) is 4.19. The standard InChI is InChI=1S/C16H11FN2O3S/c1-9-6-7-10(23-9)8-11-14(20)18-16(22)19(15(11)21)13-5-3-2-4-12(13)17/h2-8H,1H3,(H,18,20,22)/b11-8-. The van der Waals surface area contributed by atoms with E-state index in [1.807, 2.05) is 13.0 Å². The number of hydrogen-bond donors (Lipinski definition) is 1. The second kappa shape index (κ2) is 5.77. The summed E-state index contributed by atoms with van der Waals surface area (Å²) in [4.78, 5) is 38.8. The molecule has 4 amide bonds. The van der Waals surface area contributed by atoms with Gasteiger partial charge < -0.3 is 0 Å². The van der Waals surface area contributed by atoms with Gasteiger partial charge in [-0.05, 0) is 37.3 Å². The van der Waals surface area contributed by atoms with E-state index in [4.69, 9.17) is 0 Å². The molecule has 0 spiro atoms. The Morgan fingerprint density at radius 3 is 2.52 bits per heavy atom. The van der Waals surface area contributed by atoms with E-state index < -0.39 is 23.7 Å². The van der Waals surface area contributed by atoms with Gasteiger partial charge >= 0.3 is 6.03 Å². The highest BCUT2D eigenvalue weighted by Crippen LogP contribution is 2.25. The van der Waals surface area contributed by atoms with Crippen LogP contribution in [0.1, 0.15) is 9.75 Å². The monoisotopic (exact) mass is 330 g/mol. The van der Waals surface area contributed by atoms with Crippen molar-refractivity contribution in [2.24, 2.45) is 0 Å². The number of urea groups is 1. The molecule has 2 aromatic rings. The number of hydrogen-bond acceptors (Lipinski definition) is 4. The summed E-state index contributed by atoms with van der Waals surface area (Å²) in [5.74, 6) is -2.37. The molecule has 1 aromatic carbocycles. The third-order valence-electron chi connectivity index (χ3n) is 3.24. The molecule has 2 heterocycles. The van der Waals surface area contributed by atoms with E-state index in [0.29, 0.717) is 9.78 Å². The second-order valence-corrected chi connectivity index (χ2v) is 6.18. The van der Waals surface area contributed by atoms with E-state index in [0.717, 1.165) is 10.9 Å². The van der Waals surface area contributed by atoms with Gasteiger partial charge in [0.05, 0.1) is 5.69 Å². The molecule has 7 heteroatoms. The summed E-state index contributed by atoms with van der Waals surface area (Å²) in [6.07, 6.45) is 1.40. The Balaban J connectivity index is 2.04. The van der Waals surface area contributed by atoms with Crippen LogP contribution in [0, 0.1) is 12.7 Å². The number of amides is 4. The Morgan fingerprint density at radius 1 is 1.13 bits per heavy atom. The fourth-order valence-corrected chi connectivity index (χ4v) is 3.00. The van der Waals surface area contributed by atoms with Crippen molar-refractivity contribution in [1.29, 1.82) is 0 Å². The number of aryl methyl sites for hydroxylation is 1. The zero-order valence-electron chi connectivity index (χ0n) is 12.0. The van der Waals surface area contributed by atoms with Crippen molar-refractivity contribution in [3.8, 4) is 0 Å². The lowest BCUT2D eigenvalue weighted by Crippen LogP contribution is -2.54. The average Bonchev–Trinajstić information content (AvgIpc) is 2.91. The summed E-state index contributed by atoms with van der Waals surface area (Å²) in [6.45, 7) is 1.89. The number of thiophene rings is 1. The number of para-hydroxylation sites is 1. The third kappa shape index (κ3) is 2.78. The van der Waals surface area contributed by atoms with Crippen LogP contribution in [0.2, 0.25) is 0 Å². The maximum Gasteiger partial charge on any atom is 0.336 e. The summed E-state index contributed by atoms with van der Waals surface area (Å²) in [7, 11) is 0. The summed E-state index contributed by atoms with van der Waals surface area (Å²) in [6, 6.07) is 8.03. The Labute approximate surface area is 135 Å². The van der Waals surface area contributed by atoms with Gasteiger partial charge in [-0.3, -0.25) is 14.9 Å². The first kappa shape index (κ1) is 15.1. The van der Waals surface area contributed by atoms with Crippen LogP contribution in [0.25, 0.3) is 6.08 Å². The van der Waals surface area contributed by atoms with E-state index in [9.17, 15) is 18.8 Å². The number of nitrogens with zero attached hydrogens (tertiary/aromatic N) is 1. The first-order valence-corrected chi connectivity index (χ1v) is 7.51. The highest BCUT2D eigenvalue weighted by molar-refractivity contribution is 7.12. The van der Waals surface area contributed by atoms with Gasteiger partial charge in [0.2, 0.25) is 0 Å². The van der Waals surface area contributed by atoms with Gasteiger partial charge in [-0.25, -0.2) is 14.1 Å². The fourth-order valence-electron chi connectivity index (χ4n) is 2.18. The van der Waals surface area contributed by atoms with Crippen LogP contribution < -0.4 is 10.2 Å². The highest BCUT2D eigenvalue weighted by Gasteiger charge is 2.37. The fraction of sp³-hybridized carbons (Fsp3) is 0.0625. The molecule has 116 valence electrons. The summed E-state index contributed by atoms with van der Waals surface area (Å²) in [5, 5.41) is 2.06. The van der Waals surface area contributed by atoms with Crippen LogP contribution in [0.4, 0.5) is 14.9 Å². The van der Waals surface area contributed by atoms with Crippen molar-refractivity contribution in [3.63, 3.8) is 0 Å². The van der Waals surface area contributed by atoms with Crippen LogP contribution in [-0.4, -0.2) is 17.8 Å². The number of carbonyl (C=O) groups is 3. The number of rotatable bonds is 2. The number of imide groups is 2. The largest absolute Gasteiger partial charge is 0.336 e. The van der Waals surface area contributed by atoms with Crippen LogP contribution in [0.15, 0.2) is 42.0 Å². The average molecular weight is 330 g/mol. The first-order valence-electron chi connectivity index (χ1n) is 6.70. The van der Waals surface area contributed by atoms with Crippen molar-refractivity contribution in [3.05, 3.63) is 57.5 Å². The van der Waals surface area contributed by atoms with Crippen molar-refractivity contribution < 1.29 is 18.8 Å². The van der Waals surface area contributed by atoms with Crippen molar-refractivity contribution in [1.82, 2.24) is 5.32 Å². The molecule has 3 rings (SSSR count). The number of nitrogens with one attached hydrogen (secondary N) is 1. The predicted molar refractivity (Wildman–Crippen MR) is 84.5 cm³/mol. The van der Waals surface area contributed by atoms with Crippen LogP contribution >= 0.6 is 11.3 Å². The zero-order valence-corrected chi connectivity index (χ0v) is 12.8. The van der Waals surface area contributed by atoms with Gasteiger partial charge in [0, 0.05) is 9.75 Å². The Bertz CT molecular complexity index is 857. The lowest BCUT2D eigenvalue weighted by Gasteiger charge is -2.26. The molecule has 0 unspecified atom stereocenters. The van der Waals surface area contributed by atoms with Crippen molar-refractivity contribution in [2.45, 2.75) is 6.92 Å². The molecule has 1 fully saturated rings. The molecule has 1 saturated heterocycles. The topological polar surface area (TPSA) is 66.5 Å². The number of anilines is 1. The summed E-state index contributed by atoms with van der Waals surface area (Å²) >= 11 is 1.40. The maximum atomic E-state index is 13.9. The highest BCUT2D eigenvalue weighted by atomic mass is 32.1. The minimum Gasteiger partial charge on any atom is -0.273 e. The minimum absolute atomic E-state index is 0.198. The predicted octanol–water partition coefficient (Wildman–Crippen LogP) is 2.86. The van der Waals surface area contributed by atoms with Gasteiger partial charge in [0.15, 0.2) is 0 Å². The van der Waals surface area contributed by atoms with Crippen LogP contribution in [0.3, 0.4) is 0 Å². The Kier molecular flexibility index (Phi) is 3.79. The maximum absolute atomic E-state index is 13.9. The van der Waals surface area contributed by atoms with Gasteiger partial charge in [-0.2, -0.15) is 0 Å².